The average Bonchev–Trinajstić information content (AvgIpc) is 2.65. The molecule has 0 saturated carbocycles. The molecule has 1 amide bonds. The highest BCUT2D eigenvalue weighted by Gasteiger charge is 2.57. The summed E-state index contributed by atoms with van der Waals surface area (Å²) in [5.74, 6) is -0.542. The quantitative estimate of drug-likeness (QED) is 0.813. The molecule has 2 aliphatic heterocycles. The lowest BCUT2D eigenvalue weighted by molar-refractivity contribution is -0.142. The molecule has 0 aromatic heterocycles. The van der Waals surface area contributed by atoms with E-state index in [4.69, 9.17) is 4.74 Å². The van der Waals surface area contributed by atoms with E-state index in [-0.39, 0.29) is 12.3 Å². The minimum atomic E-state index is -0.997. The number of benzene rings is 1. The number of ether oxygens (including phenoxy) is 1. The summed E-state index contributed by atoms with van der Waals surface area (Å²) >= 11 is 0. The minimum absolute atomic E-state index is 0.188. The highest BCUT2D eigenvalue weighted by atomic mass is 16.5. The predicted molar refractivity (Wildman–Crippen MR) is 71.6 cm³/mol. The molecular weight excluding hydrogens is 258 g/mol. The monoisotopic (exact) mass is 275 g/mol. The Morgan fingerprint density at radius 1 is 1.40 bits per heavy atom. The van der Waals surface area contributed by atoms with Crippen molar-refractivity contribution in [1.82, 2.24) is 5.32 Å². The summed E-state index contributed by atoms with van der Waals surface area (Å²) in [6.45, 7) is 3.85. The number of hydrogen-bond donors (Lipinski definition) is 2. The zero-order valence-electron chi connectivity index (χ0n) is 11.5. The molecule has 1 aromatic rings. The van der Waals surface area contributed by atoms with Crippen LogP contribution >= 0.6 is 0 Å². The molecule has 2 heterocycles. The van der Waals surface area contributed by atoms with Gasteiger partial charge in [0.2, 0.25) is 5.91 Å². The summed E-state index contributed by atoms with van der Waals surface area (Å²) in [5, 5.41) is 12.1. The maximum absolute atomic E-state index is 11.8. The minimum Gasteiger partial charge on any atom is -0.488 e. The lowest BCUT2D eigenvalue weighted by Gasteiger charge is -2.45. The number of amides is 1. The van der Waals surface area contributed by atoms with E-state index in [0.29, 0.717) is 12.2 Å². The molecule has 2 atom stereocenters. The summed E-state index contributed by atoms with van der Waals surface area (Å²) in [7, 11) is 0. The van der Waals surface area contributed by atoms with Crippen LogP contribution in [0.3, 0.4) is 0 Å². The van der Waals surface area contributed by atoms with Crippen molar-refractivity contribution in [1.29, 1.82) is 0 Å². The summed E-state index contributed by atoms with van der Waals surface area (Å²) < 4.78 is 5.94. The fourth-order valence-corrected chi connectivity index (χ4v) is 3.61. The Bertz CT molecular complexity index is 595. The third kappa shape index (κ3) is 1.77. The van der Waals surface area contributed by atoms with Gasteiger partial charge in [-0.3, -0.25) is 4.79 Å². The topological polar surface area (TPSA) is 75.6 Å². The van der Waals surface area contributed by atoms with Crippen molar-refractivity contribution in [3.05, 3.63) is 29.8 Å². The van der Waals surface area contributed by atoms with E-state index in [1.54, 1.807) is 0 Å². The van der Waals surface area contributed by atoms with Crippen molar-refractivity contribution in [3.63, 3.8) is 0 Å². The third-order valence-corrected chi connectivity index (χ3v) is 4.13. The Morgan fingerprint density at radius 3 is 2.80 bits per heavy atom. The number of para-hydroxylation sites is 1. The van der Waals surface area contributed by atoms with Crippen LogP contribution < -0.4 is 10.1 Å². The lowest BCUT2D eigenvalue weighted by atomic mass is 9.66. The van der Waals surface area contributed by atoms with Gasteiger partial charge in [-0.2, -0.15) is 0 Å². The Morgan fingerprint density at radius 2 is 2.10 bits per heavy atom. The Labute approximate surface area is 116 Å². The number of carboxylic acid groups (broad SMARTS) is 1. The summed E-state index contributed by atoms with van der Waals surface area (Å²) in [6.07, 6.45) is 0.681. The van der Waals surface area contributed by atoms with Crippen LogP contribution in [0.5, 0.6) is 5.75 Å². The smallest absolute Gasteiger partial charge is 0.327 e. The van der Waals surface area contributed by atoms with Gasteiger partial charge < -0.3 is 15.2 Å². The third-order valence-electron chi connectivity index (χ3n) is 4.13. The zero-order valence-corrected chi connectivity index (χ0v) is 11.5. The van der Waals surface area contributed by atoms with E-state index >= 15 is 0 Å². The molecule has 2 aliphatic rings. The number of aliphatic carboxylic acids is 1. The van der Waals surface area contributed by atoms with Crippen LogP contribution in [-0.4, -0.2) is 28.6 Å². The van der Waals surface area contributed by atoms with Crippen LogP contribution in [0.15, 0.2) is 24.3 Å². The molecule has 1 saturated heterocycles. The molecule has 2 N–H and O–H groups in total. The molecule has 5 heteroatoms. The van der Waals surface area contributed by atoms with Gasteiger partial charge in [-0.15, -0.1) is 0 Å². The molecule has 0 radical (unpaired) electrons. The lowest BCUT2D eigenvalue weighted by Crippen LogP contribution is -2.53. The Hall–Kier alpha value is -2.04. The van der Waals surface area contributed by atoms with E-state index in [9.17, 15) is 14.7 Å². The predicted octanol–water partition coefficient (Wildman–Crippen LogP) is 1.46. The standard InChI is InChI=1S/C15H17NO4/c1-14(2)8-15(7-11(17)16-12(15)13(18)19)9-5-3-4-6-10(9)20-14/h3-6,12H,7-8H2,1-2H3,(H,16,17)(H,18,19). The maximum Gasteiger partial charge on any atom is 0.327 e. The van der Waals surface area contributed by atoms with Gasteiger partial charge >= 0.3 is 5.97 Å². The van der Waals surface area contributed by atoms with Gasteiger partial charge in [0.25, 0.3) is 0 Å². The van der Waals surface area contributed by atoms with Crippen molar-refractivity contribution in [2.45, 2.75) is 43.7 Å². The SMILES string of the molecule is CC1(C)CC2(CC(=O)NC2C(=O)O)c2ccccc2O1. The van der Waals surface area contributed by atoms with Gasteiger partial charge in [-0.25, -0.2) is 4.79 Å². The molecule has 0 aliphatic carbocycles. The van der Waals surface area contributed by atoms with Crippen molar-refractivity contribution in [3.8, 4) is 5.75 Å². The van der Waals surface area contributed by atoms with Gasteiger partial charge in [-0.05, 0) is 26.3 Å². The van der Waals surface area contributed by atoms with Crippen LogP contribution in [-0.2, 0) is 15.0 Å². The van der Waals surface area contributed by atoms with Crippen LogP contribution in [0.1, 0.15) is 32.3 Å². The van der Waals surface area contributed by atoms with Crippen LogP contribution in [0, 0.1) is 0 Å². The highest BCUT2D eigenvalue weighted by molar-refractivity contribution is 5.91. The first-order valence-corrected chi connectivity index (χ1v) is 6.65. The number of carboxylic acids is 1. The summed E-state index contributed by atoms with van der Waals surface area (Å²) in [6, 6.07) is 6.50. The normalized spacial score (nSPS) is 30.5. The van der Waals surface area contributed by atoms with E-state index in [0.717, 1.165) is 5.56 Å². The van der Waals surface area contributed by atoms with E-state index in [1.165, 1.54) is 0 Å². The second kappa shape index (κ2) is 3.98. The summed E-state index contributed by atoms with van der Waals surface area (Å²) in [5.41, 5.74) is -0.430. The van der Waals surface area contributed by atoms with Crippen LogP contribution in [0.2, 0.25) is 0 Å². The molecular formula is C15H17NO4. The van der Waals surface area contributed by atoms with Crippen molar-refractivity contribution in [2.75, 3.05) is 0 Å². The van der Waals surface area contributed by atoms with Crippen LogP contribution in [0.4, 0.5) is 0 Å². The molecule has 1 spiro atoms. The van der Waals surface area contributed by atoms with Crippen molar-refractivity contribution < 1.29 is 19.4 Å². The second-order valence-electron chi connectivity index (χ2n) is 6.21. The van der Waals surface area contributed by atoms with E-state index in [1.807, 2.05) is 38.1 Å². The molecule has 3 rings (SSSR count). The molecule has 20 heavy (non-hydrogen) atoms. The zero-order chi connectivity index (χ0) is 14.5. The second-order valence-corrected chi connectivity index (χ2v) is 6.21. The first kappa shape index (κ1) is 13.0. The maximum atomic E-state index is 11.8. The molecule has 2 unspecified atom stereocenters. The molecule has 106 valence electrons. The number of fused-ring (bicyclic) bond motifs is 2. The molecule has 5 nitrogen and oxygen atoms in total. The molecule has 0 bridgehead atoms. The first-order valence-electron chi connectivity index (χ1n) is 6.65. The Kier molecular flexibility index (Phi) is 2.58. The van der Waals surface area contributed by atoms with E-state index < -0.39 is 23.0 Å². The van der Waals surface area contributed by atoms with Gasteiger partial charge in [0.1, 0.15) is 17.4 Å². The van der Waals surface area contributed by atoms with Gasteiger partial charge in [0.15, 0.2) is 0 Å². The first-order chi connectivity index (χ1) is 9.34. The molecule has 1 aromatic carbocycles. The Balaban J connectivity index is 2.21. The fraction of sp³-hybridized carbons (Fsp3) is 0.467. The summed E-state index contributed by atoms with van der Waals surface area (Å²) in [4.78, 5) is 23.4. The number of nitrogens with one attached hydrogen (secondary N) is 1. The average molecular weight is 275 g/mol. The van der Waals surface area contributed by atoms with Gasteiger partial charge in [0.05, 0.1) is 0 Å². The van der Waals surface area contributed by atoms with Gasteiger partial charge in [-0.1, -0.05) is 18.2 Å². The van der Waals surface area contributed by atoms with Crippen molar-refractivity contribution >= 4 is 11.9 Å². The largest absolute Gasteiger partial charge is 0.488 e. The number of hydrogen-bond acceptors (Lipinski definition) is 3. The number of rotatable bonds is 1. The van der Waals surface area contributed by atoms with Crippen molar-refractivity contribution in [2.24, 2.45) is 0 Å². The number of carbonyl (C=O) groups excluding carboxylic acids is 1. The molecule has 1 fully saturated rings. The number of carbonyl (C=O) groups is 2. The van der Waals surface area contributed by atoms with Crippen LogP contribution in [0.25, 0.3) is 0 Å². The van der Waals surface area contributed by atoms with E-state index in [2.05, 4.69) is 5.32 Å². The highest BCUT2D eigenvalue weighted by Crippen LogP contribution is 2.50. The van der Waals surface area contributed by atoms with Gasteiger partial charge in [0, 0.05) is 17.4 Å². The fourth-order valence-electron chi connectivity index (χ4n) is 3.61.